The van der Waals surface area contributed by atoms with Gasteiger partial charge < -0.3 is 9.47 Å². The van der Waals surface area contributed by atoms with Crippen LogP contribution in [0.3, 0.4) is 0 Å². The number of esters is 1. The average Bonchev–Trinajstić information content (AvgIpc) is 2.38. The predicted octanol–water partition coefficient (Wildman–Crippen LogP) is 3.25. The summed E-state index contributed by atoms with van der Waals surface area (Å²) in [6.45, 7) is 7.61. The minimum Gasteiger partial charge on any atom is -0.478 e. The van der Waals surface area contributed by atoms with Crippen LogP contribution in [0.25, 0.3) is 0 Å². The number of rotatable bonds is 7. The highest BCUT2D eigenvalue weighted by Gasteiger charge is 2.18. The average molecular weight is 278 g/mol. The number of carbonyl (C=O) groups excluding carboxylic acids is 2. The second-order valence-electron chi connectivity index (χ2n) is 5.16. The molecular weight excluding hydrogens is 256 g/mol. The van der Waals surface area contributed by atoms with E-state index in [0.29, 0.717) is 23.8 Å². The molecule has 0 N–H and O–H groups in total. The molecule has 0 bridgehead atoms. The molecule has 1 rings (SSSR count). The SMILES string of the molecule is CC(=O)c1ccccc1OC(C)C(=O)OCCC(C)C. The van der Waals surface area contributed by atoms with Gasteiger partial charge in [0.25, 0.3) is 0 Å². The lowest BCUT2D eigenvalue weighted by Crippen LogP contribution is -2.27. The Bertz CT molecular complexity index is 465. The molecule has 0 aliphatic carbocycles. The summed E-state index contributed by atoms with van der Waals surface area (Å²) in [4.78, 5) is 23.2. The molecule has 4 nitrogen and oxygen atoms in total. The maximum absolute atomic E-state index is 11.8. The zero-order valence-electron chi connectivity index (χ0n) is 12.5. The highest BCUT2D eigenvalue weighted by atomic mass is 16.6. The summed E-state index contributed by atoms with van der Waals surface area (Å²) in [6, 6.07) is 6.87. The minimum atomic E-state index is -0.734. The molecule has 0 spiro atoms. The van der Waals surface area contributed by atoms with Gasteiger partial charge in [-0.25, -0.2) is 4.79 Å². The Morgan fingerprint density at radius 2 is 1.80 bits per heavy atom. The third-order valence-corrected chi connectivity index (χ3v) is 2.84. The summed E-state index contributed by atoms with van der Waals surface area (Å²) in [5, 5.41) is 0. The Labute approximate surface area is 120 Å². The van der Waals surface area contributed by atoms with Gasteiger partial charge in [0, 0.05) is 0 Å². The number of hydrogen-bond donors (Lipinski definition) is 0. The van der Waals surface area contributed by atoms with Crippen molar-refractivity contribution in [1.82, 2.24) is 0 Å². The monoisotopic (exact) mass is 278 g/mol. The van der Waals surface area contributed by atoms with Crippen LogP contribution in [-0.4, -0.2) is 24.5 Å². The highest BCUT2D eigenvalue weighted by molar-refractivity contribution is 5.96. The molecule has 0 heterocycles. The molecule has 0 saturated heterocycles. The summed E-state index contributed by atoms with van der Waals surface area (Å²) in [5.74, 6) is 0.385. The van der Waals surface area contributed by atoms with Crippen LogP contribution in [0.5, 0.6) is 5.75 Å². The van der Waals surface area contributed by atoms with Crippen molar-refractivity contribution < 1.29 is 19.1 Å². The first-order chi connectivity index (χ1) is 9.41. The van der Waals surface area contributed by atoms with E-state index in [1.807, 2.05) is 0 Å². The maximum atomic E-state index is 11.8. The molecular formula is C16H22O4. The maximum Gasteiger partial charge on any atom is 0.347 e. The lowest BCUT2D eigenvalue weighted by Gasteiger charge is -2.16. The molecule has 0 aromatic heterocycles. The summed E-state index contributed by atoms with van der Waals surface area (Å²) >= 11 is 0. The van der Waals surface area contributed by atoms with Crippen molar-refractivity contribution in [3.63, 3.8) is 0 Å². The first-order valence-electron chi connectivity index (χ1n) is 6.85. The number of ether oxygens (including phenoxy) is 2. The zero-order chi connectivity index (χ0) is 15.1. The normalized spacial score (nSPS) is 12.1. The molecule has 0 radical (unpaired) electrons. The van der Waals surface area contributed by atoms with Crippen LogP contribution >= 0.6 is 0 Å². The van der Waals surface area contributed by atoms with Gasteiger partial charge in [0.1, 0.15) is 5.75 Å². The van der Waals surface area contributed by atoms with E-state index in [2.05, 4.69) is 13.8 Å². The summed E-state index contributed by atoms with van der Waals surface area (Å²) in [5.41, 5.74) is 0.467. The largest absolute Gasteiger partial charge is 0.478 e. The van der Waals surface area contributed by atoms with Crippen LogP contribution in [0.4, 0.5) is 0 Å². The van der Waals surface area contributed by atoms with Crippen molar-refractivity contribution in [3.8, 4) is 5.75 Å². The van der Waals surface area contributed by atoms with Crippen molar-refractivity contribution in [1.29, 1.82) is 0 Å². The fraction of sp³-hybridized carbons (Fsp3) is 0.500. The van der Waals surface area contributed by atoms with E-state index in [-0.39, 0.29) is 5.78 Å². The van der Waals surface area contributed by atoms with Gasteiger partial charge in [-0.3, -0.25) is 4.79 Å². The molecule has 0 aliphatic heterocycles. The van der Waals surface area contributed by atoms with Crippen LogP contribution in [-0.2, 0) is 9.53 Å². The van der Waals surface area contributed by atoms with Crippen molar-refractivity contribution in [2.24, 2.45) is 5.92 Å². The molecule has 1 atom stereocenters. The number of Topliss-reactive ketones (excluding diaryl/α,β-unsaturated/α-hetero) is 1. The number of ketones is 1. The first kappa shape index (κ1) is 16.2. The third kappa shape index (κ3) is 5.03. The van der Waals surface area contributed by atoms with E-state index in [0.717, 1.165) is 6.42 Å². The van der Waals surface area contributed by atoms with E-state index in [1.165, 1.54) is 6.92 Å². The summed E-state index contributed by atoms with van der Waals surface area (Å²) in [6.07, 6.45) is 0.0883. The fourth-order valence-corrected chi connectivity index (χ4v) is 1.61. The van der Waals surface area contributed by atoms with Crippen LogP contribution in [0, 0.1) is 5.92 Å². The van der Waals surface area contributed by atoms with E-state index >= 15 is 0 Å². The molecule has 1 aromatic carbocycles. The van der Waals surface area contributed by atoms with Gasteiger partial charge in [-0.1, -0.05) is 26.0 Å². The van der Waals surface area contributed by atoms with Gasteiger partial charge in [-0.05, 0) is 38.3 Å². The van der Waals surface area contributed by atoms with E-state index < -0.39 is 12.1 Å². The van der Waals surface area contributed by atoms with Gasteiger partial charge in [-0.15, -0.1) is 0 Å². The van der Waals surface area contributed by atoms with Gasteiger partial charge in [0.05, 0.1) is 12.2 Å². The molecule has 4 heteroatoms. The van der Waals surface area contributed by atoms with E-state index in [1.54, 1.807) is 31.2 Å². The van der Waals surface area contributed by atoms with Crippen molar-refractivity contribution in [2.45, 2.75) is 40.2 Å². The number of carbonyl (C=O) groups is 2. The molecule has 1 aromatic rings. The van der Waals surface area contributed by atoms with E-state index in [4.69, 9.17) is 9.47 Å². The Morgan fingerprint density at radius 3 is 2.40 bits per heavy atom. The number of benzene rings is 1. The Hall–Kier alpha value is -1.84. The highest BCUT2D eigenvalue weighted by Crippen LogP contribution is 2.20. The zero-order valence-corrected chi connectivity index (χ0v) is 12.5. The molecule has 20 heavy (non-hydrogen) atoms. The first-order valence-corrected chi connectivity index (χ1v) is 6.85. The predicted molar refractivity (Wildman–Crippen MR) is 77.0 cm³/mol. The lowest BCUT2D eigenvalue weighted by atomic mass is 10.1. The third-order valence-electron chi connectivity index (χ3n) is 2.84. The Morgan fingerprint density at radius 1 is 1.15 bits per heavy atom. The Balaban J connectivity index is 2.59. The Kier molecular flexibility index (Phi) is 6.22. The minimum absolute atomic E-state index is 0.0963. The lowest BCUT2D eigenvalue weighted by molar-refractivity contribution is -0.151. The van der Waals surface area contributed by atoms with Crippen LogP contribution < -0.4 is 4.74 Å². The van der Waals surface area contributed by atoms with Crippen LogP contribution in [0.1, 0.15) is 44.5 Å². The van der Waals surface area contributed by atoms with Gasteiger partial charge in [-0.2, -0.15) is 0 Å². The van der Waals surface area contributed by atoms with Gasteiger partial charge in [0.15, 0.2) is 11.9 Å². The quantitative estimate of drug-likeness (QED) is 0.567. The molecule has 110 valence electrons. The summed E-state index contributed by atoms with van der Waals surface area (Å²) in [7, 11) is 0. The molecule has 0 saturated carbocycles. The molecule has 0 amide bonds. The second kappa shape index (κ2) is 7.68. The van der Waals surface area contributed by atoms with Crippen molar-refractivity contribution in [3.05, 3.63) is 29.8 Å². The van der Waals surface area contributed by atoms with Crippen molar-refractivity contribution in [2.75, 3.05) is 6.61 Å². The topological polar surface area (TPSA) is 52.6 Å². The van der Waals surface area contributed by atoms with Crippen LogP contribution in [0.2, 0.25) is 0 Å². The van der Waals surface area contributed by atoms with Crippen molar-refractivity contribution >= 4 is 11.8 Å². The second-order valence-corrected chi connectivity index (χ2v) is 5.16. The number of para-hydroxylation sites is 1. The standard InChI is InChI=1S/C16H22O4/c1-11(2)9-10-19-16(18)13(4)20-15-8-6-5-7-14(15)12(3)17/h5-8,11,13H,9-10H2,1-4H3. The molecule has 0 aliphatic rings. The fourth-order valence-electron chi connectivity index (χ4n) is 1.61. The van der Waals surface area contributed by atoms with E-state index in [9.17, 15) is 9.59 Å². The van der Waals surface area contributed by atoms with Gasteiger partial charge in [0.2, 0.25) is 0 Å². The number of hydrogen-bond acceptors (Lipinski definition) is 4. The summed E-state index contributed by atoms with van der Waals surface area (Å²) < 4.78 is 10.7. The molecule has 1 unspecified atom stereocenters. The van der Waals surface area contributed by atoms with Crippen LogP contribution in [0.15, 0.2) is 24.3 Å². The van der Waals surface area contributed by atoms with Gasteiger partial charge >= 0.3 is 5.97 Å². The smallest absolute Gasteiger partial charge is 0.347 e. The molecule has 0 fully saturated rings.